The minimum absolute atomic E-state index is 0.147. The normalized spacial score (nSPS) is 14.4. The first-order valence-corrected chi connectivity index (χ1v) is 17.1. The van der Waals surface area contributed by atoms with Crippen molar-refractivity contribution in [2.75, 3.05) is 0 Å². The van der Waals surface area contributed by atoms with Gasteiger partial charge >= 0.3 is 0 Å². The number of hydrogen-bond donors (Lipinski definition) is 0. The van der Waals surface area contributed by atoms with Gasteiger partial charge in [-0.15, -0.1) is 0 Å². The van der Waals surface area contributed by atoms with Crippen molar-refractivity contribution in [3.8, 4) is 67.5 Å². The SMILES string of the molecule is c1ccc(-c2nc(-c3ccccc3)nc(-c3cccc(-c4cccc(-c5ccc6c(c5)C5(CCCCC5)c5ccccc5-6)c4)c3)n2)cc1. The van der Waals surface area contributed by atoms with Crippen LogP contribution < -0.4 is 0 Å². The van der Waals surface area contributed by atoms with Crippen LogP contribution in [0.25, 0.3) is 67.5 Å². The highest BCUT2D eigenvalue weighted by molar-refractivity contribution is 5.85. The van der Waals surface area contributed by atoms with E-state index in [2.05, 4.69) is 91.0 Å². The second-order valence-corrected chi connectivity index (χ2v) is 13.1. The van der Waals surface area contributed by atoms with Crippen molar-refractivity contribution in [2.45, 2.75) is 37.5 Å². The summed E-state index contributed by atoms with van der Waals surface area (Å²) in [6, 6.07) is 54.1. The van der Waals surface area contributed by atoms with Crippen molar-refractivity contribution in [1.82, 2.24) is 15.0 Å². The fourth-order valence-corrected chi connectivity index (χ4v) is 7.98. The van der Waals surface area contributed by atoms with Gasteiger partial charge in [-0.25, -0.2) is 15.0 Å². The zero-order chi connectivity index (χ0) is 31.9. The van der Waals surface area contributed by atoms with Gasteiger partial charge in [0.1, 0.15) is 0 Å². The summed E-state index contributed by atoms with van der Waals surface area (Å²) in [5.74, 6) is 2.00. The first kappa shape index (κ1) is 28.5. The van der Waals surface area contributed by atoms with E-state index in [1.807, 2.05) is 60.7 Å². The van der Waals surface area contributed by atoms with Crippen molar-refractivity contribution < 1.29 is 0 Å². The van der Waals surface area contributed by atoms with Gasteiger partial charge in [0.05, 0.1) is 0 Å². The molecular weight excluding hydrogens is 583 g/mol. The predicted molar refractivity (Wildman–Crippen MR) is 196 cm³/mol. The summed E-state index contributed by atoms with van der Waals surface area (Å²) in [4.78, 5) is 14.8. The highest BCUT2D eigenvalue weighted by Gasteiger charge is 2.43. The molecule has 2 aliphatic carbocycles. The molecule has 0 aliphatic heterocycles. The van der Waals surface area contributed by atoms with E-state index in [1.165, 1.54) is 71.0 Å². The summed E-state index contributed by atoms with van der Waals surface area (Å²) in [6.45, 7) is 0. The van der Waals surface area contributed by atoms with Gasteiger partial charge in [0.25, 0.3) is 0 Å². The molecule has 0 saturated heterocycles. The molecule has 6 aromatic carbocycles. The molecule has 3 nitrogen and oxygen atoms in total. The maximum Gasteiger partial charge on any atom is 0.164 e. The molecular formula is C45H35N3. The molecule has 0 radical (unpaired) electrons. The zero-order valence-corrected chi connectivity index (χ0v) is 26.8. The van der Waals surface area contributed by atoms with E-state index in [0.717, 1.165) is 22.3 Å². The molecule has 0 atom stereocenters. The fraction of sp³-hybridized carbons (Fsp3) is 0.133. The Morgan fingerprint density at radius 1 is 0.333 bits per heavy atom. The summed E-state index contributed by atoms with van der Waals surface area (Å²) in [7, 11) is 0. The van der Waals surface area contributed by atoms with Crippen molar-refractivity contribution in [2.24, 2.45) is 0 Å². The largest absolute Gasteiger partial charge is 0.208 e. The maximum absolute atomic E-state index is 4.97. The van der Waals surface area contributed by atoms with Gasteiger partial charge in [0.2, 0.25) is 0 Å². The molecule has 0 unspecified atom stereocenters. The second-order valence-electron chi connectivity index (χ2n) is 13.1. The van der Waals surface area contributed by atoms with Crippen LogP contribution in [-0.2, 0) is 5.41 Å². The average Bonchev–Trinajstić information content (AvgIpc) is 3.43. The molecule has 0 N–H and O–H groups in total. The number of rotatable bonds is 5. The Labute approximate surface area is 282 Å². The minimum Gasteiger partial charge on any atom is -0.208 e. The van der Waals surface area contributed by atoms with Gasteiger partial charge in [0, 0.05) is 22.1 Å². The third-order valence-corrected chi connectivity index (χ3v) is 10.3. The van der Waals surface area contributed by atoms with E-state index >= 15 is 0 Å². The quantitative estimate of drug-likeness (QED) is 0.193. The van der Waals surface area contributed by atoms with Crippen molar-refractivity contribution >= 4 is 0 Å². The van der Waals surface area contributed by atoms with Crippen molar-refractivity contribution in [1.29, 1.82) is 0 Å². The Kier molecular flexibility index (Phi) is 7.04. The Bertz CT molecular complexity index is 2210. The van der Waals surface area contributed by atoms with Crippen LogP contribution in [0.3, 0.4) is 0 Å². The first-order valence-electron chi connectivity index (χ1n) is 17.1. The minimum atomic E-state index is 0.147. The van der Waals surface area contributed by atoms with Crippen LogP contribution in [0.5, 0.6) is 0 Å². The van der Waals surface area contributed by atoms with E-state index in [-0.39, 0.29) is 5.41 Å². The molecule has 1 spiro atoms. The summed E-state index contributed by atoms with van der Waals surface area (Å²) >= 11 is 0. The van der Waals surface area contributed by atoms with Gasteiger partial charge in [-0.05, 0) is 75.5 Å². The van der Waals surface area contributed by atoms with Crippen molar-refractivity contribution in [3.63, 3.8) is 0 Å². The third-order valence-electron chi connectivity index (χ3n) is 10.3. The standard InChI is InChI=1S/C45H35N3/c1-4-14-31(15-5-1)42-46-43(32-16-6-2-7-17-32)48-44(47-42)37-21-13-20-35(29-37)33-18-12-19-34(28-33)36-24-25-39-38-22-8-9-23-40(38)45(41(39)30-36)26-10-3-11-27-45/h1-2,4-9,12-25,28-30H,3,10-11,26-27H2. The lowest BCUT2D eigenvalue weighted by Crippen LogP contribution is -2.28. The van der Waals surface area contributed by atoms with Gasteiger partial charge in [-0.2, -0.15) is 0 Å². The van der Waals surface area contributed by atoms with Crippen LogP contribution >= 0.6 is 0 Å². The molecule has 7 aromatic rings. The molecule has 9 rings (SSSR count). The Balaban J connectivity index is 1.10. The molecule has 1 heterocycles. The van der Waals surface area contributed by atoms with E-state index in [9.17, 15) is 0 Å². The van der Waals surface area contributed by atoms with E-state index in [4.69, 9.17) is 15.0 Å². The Morgan fingerprint density at radius 3 is 1.42 bits per heavy atom. The third kappa shape index (κ3) is 4.94. The first-order chi connectivity index (χ1) is 23.7. The molecule has 3 heteroatoms. The molecule has 2 aliphatic rings. The zero-order valence-electron chi connectivity index (χ0n) is 26.8. The maximum atomic E-state index is 4.97. The molecule has 0 amide bonds. The van der Waals surface area contributed by atoms with Gasteiger partial charge in [0.15, 0.2) is 17.5 Å². The van der Waals surface area contributed by atoms with Crippen LogP contribution in [-0.4, -0.2) is 15.0 Å². The monoisotopic (exact) mass is 617 g/mol. The molecule has 1 aromatic heterocycles. The van der Waals surface area contributed by atoms with Crippen LogP contribution in [0.1, 0.15) is 43.2 Å². The summed E-state index contributed by atoms with van der Waals surface area (Å²) < 4.78 is 0. The predicted octanol–water partition coefficient (Wildman–Crippen LogP) is 11.4. The highest BCUT2D eigenvalue weighted by Crippen LogP contribution is 2.56. The van der Waals surface area contributed by atoms with Crippen LogP contribution in [0.4, 0.5) is 0 Å². The van der Waals surface area contributed by atoms with Crippen molar-refractivity contribution in [3.05, 3.63) is 163 Å². The Morgan fingerprint density at radius 2 is 0.792 bits per heavy atom. The van der Waals surface area contributed by atoms with Crippen LogP contribution in [0, 0.1) is 0 Å². The molecule has 48 heavy (non-hydrogen) atoms. The second kappa shape index (κ2) is 11.8. The lowest BCUT2D eigenvalue weighted by Gasteiger charge is -2.36. The number of aromatic nitrogens is 3. The smallest absolute Gasteiger partial charge is 0.164 e. The van der Waals surface area contributed by atoms with Gasteiger partial charge in [-0.3, -0.25) is 0 Å². The number of nitrogens with zero attached hydrogens (tertiary/aromatic N) is 3. The van der Waals surface area contributed by atoms with E-state index in [0.29, 0.717) is 17.5 Å². The summed E-state index contributed by atoms with van der Waals surface area (Å²) in [5, 5.41) is 0. The lowest BCUT2D eigenvalue weighted by atomic mass is 9.67. The highest BCUT2D eigenvalue weighted by atomic mass is 15.0. The Hall–Kier alpha value is -5.67. The average molecular weight is 618 g/mol. The van der Waals surface area contributed by atoms with Crippen LogP contribution in [0.2, 0.25) is 0 Å². The number of benzene rings is 6. The summed E-state index contributed by atoms with van der Waals surface area (Å²) in [6.07, 6.45) is 6.41. The number of hydrogen-bond acceptors (Lipinski definition) is 3. The summed E-state index contributed by atoms with van der Waals surface area (Å²) in [5.41, 5.74) is 13.8. The van der Waals surface area contributed by atoms with E-state index < -0.39 is 0 Å². The van der Waals surface area contributed by atoms with Gasteiger partial charge < -0.3 is 0 Å². The van der Waals surface area contributed by atoms with Gasteiger partial charge in [-0.1, -0.05) is 153 Å². The fourth-order valence-electron chi connectivity index (χ4n) is 7.98. The van der Waals surface area contributed by atoms with E-state index in [1.54, 1.807) is 0 Å². The molecule has 0 bridgehead atoms. The lowest BCUT2D eigenvalue weighted by molar-refractivity contribution is 0.353. The van der Waals surface area contributed by atoms with Crippen LogP contribution in [0.15, 0.2) is 152 Å². The topological polar surface area (TPSA) is 38.7 Å². The molecule has 1 saturated carbocycles. The molecule has 1 fully saturated rings. The molecule has 230 valence electrons. The number of fused-ring (bicyclic) bond motifs is 5.